The smallest absolute Gasteiger partial charge is 0.187 e. The molecule has 1 aromatic carbocycles. The number of carbonyl (C=O) groups excluding carboxylic acids is 2. The number of anilines is 1. The summed E-state index contributed by atoms with van der Waals surface area (Å²) in [6, 6.07) is 6.72. The molecule has 1 fully saturated rings. The lowest BCUT2D eigenvalue weighted by Crippen LogP contribution is -2.44. The molecule has 0 aliphatic carbocycles. The molecule has 1 aliphatic rings. The molecule has 0 spiro atoms. The molecule has 0 aromatic heterocycles. The van der Waals surface area contributed by atoms with Gasteiger partial charge in [0.15, 0.2) is 17.6 Å². The molecule has 0 radical (unpaired) electrons. The van der Waals surface area contributed by atoms with E-state index in [9.17, 15) is 9.59 Å². The average molecular weight is 302 g/mol. The van der Waals surface area contributed by atoms with E-state index >= 15 is 0 Å². The molecule has 1 aromatic rings. The minimum Gasteiger partial charge on any atom is -0.369 e. The Hall–Kier alpha value is -2.08. The second-order valence-electron chi connectivity index (χ2n) is 5.65. The summed E-state index contributed by atoms with van der Waals surface area (Å²) in [5.74, 6) is -0.574. The minimum atomic E-state index is -0.989. The van der Waals surface area contributed by atoms with Gasteiger partial charge in [0.05, 0.1) is 5.69 Å². The summed E-state index contributed by atoms with van der Waals surface area (Å²) in [6.45, 7) is 6.83. The molecule has 2 rings (SSSR count). The maximum Gasteiger partial charge on any atom is 0.187 e. The lowest BCUT2D eigenvalue weighted by atomic mass is 10.1. The zero-order valence-corrected chi connectivity index (χ0v) is 13.3. The van der Waals surface area contributed by atoms with Crippen LogP contribution in [0.3, 0.4) is 0 Å². The summed E-state index contributed by atoms with van der Waals surface area (Å²) in [7, 11) is 2.13. The molecule has 1 saturated heterocycles. The van der Waals surface area contributed by atoms with Gasteiger partial charge in [-0.15, -0.1) is 0 Å². The predicted molar refractivity (Wildman–Crippen MR) is 85.8 cm³/mol. The fourth-order valence-corrected chi connectivity index (χ4v) is 2.37. The Morgan fingerprint density at radius 3 is 2.05 bits per heavy atom. The average Bonchev–Trinajstić information content (AvgIpc) is 2.48. The third-order valence-corrected chi connectivity index (χ3v) is 3.78. The zero-order chi connectivity index (χ0) is 16.1. The first-order valence-corrected chi connectivity index (χ1v) is 7.42. The molecule has 0 atom stereocenters. The Morgan fingerprint density at radius 2 is 1.55 bits per heavy atom. The number of rotatable bonds is 5. The highest BCUT2D eigenvalue weighted by molar-refractivity contribution is 6.04. The lowest BCUT2D eigenvalue weighted by molar-refractivity contribution is -0.126. The van der Waals surface area contributed by atoms with Gasteiger partial charge in [-0.25, -0.2) is 0 Å². The quantitative estimate of drug-likeness (QED) is 0.617. The summed E-state index contributed by atoms with van der Waals surface area (Å²) in [5.41, 5.74) is 1.80. The van der Waals surface area contributed by atoms with E-state index in [1.165, 1.54) is 13.8 Å². The van der Waals surface area contributed by atoms with Gasteiger partial charge >= 0.3 is 0 Å². The van der Waals surface area contributed by atoms with Gasteiger partial charge in [-0.2, -0.15) is 10.2 Å². The Balaban J connectivity index is 2.02. The molecular weight excluding hydrogens is 280 g/mol. The molecule has 1 heterocycles. The molecular formula is C16H22N4O2. The highest BCUT2D eigenvalue weighted by atomic mass is 16.2. The number of ketones is 2. The number of hydrogen-bond donors (Lipinski definition) is 0. The van der Waals surface area contributed by atoms with Crippen molar-refractivity contribution in [1.82, 2.24) is 4.90 Å². The summed E-state index contributed by atoms with van der Waals surface area (Å²) in [6.07, 6.45) is 0. The number of azo groups is 1. The standard InChI is InChI=1S/C16H22N4O2/c1-12(21)16(13(2)22)18-17-14-4-6-15(7-5-14)20-10-8-19(3)9-11-20/h4-7,16H,8-11H2,1-3H3. The molecule has 0 N–H and O–H groups in total. The fraction of sp³-hybridized carbons (Fsp3) is 0.500. The van der Waals surface area contributed by atoms with Crippen molar-refractivity contribution in [3.63, 3.8) is 0 Å². The van der Waals surface area contributed by atoms with Gasteiger partial charge in [0.25, 0.3) is 0 Å². The number of hydrogen-bond acceptors (Lipinski definition) is 6. The monoisotopic (exact) mass is 302 g/mol. The number of benzene rings is 1. The Labute approximate surface area is 130 Å². The van der Waals surface area contributed by atoms with Crippen LogP contribution in [0.5, 0.6) is 0 Å². The van der Waals surface area contributed by atoms with E-state index in [4.69, 9.17) is 0 Å². The van der Waals surface area contributed by atoms with Crippen LogP contribution in [0.2, 0.25) is 0 Å². The van der Waals surface area contributed by atoms with Gasteiger partial charge < -0.3 is 9.80 Å². The number of carbonyl (C=O) groups is 2. The second-order valence-corrected chi connectivity index (χ2v) is 5.65. The van der Waals surface area contributed by atoms with Crippen molar-refractivity contribution < 1.29 is 9.59 Å². The second kappa shape index (κ2) is 7.26. The van der Waals surface area contributed by atoms with Crippen molar-refractivity contribution in [3.05, 3.63) is 24.3 Å². The van der Waals surface area contributed by atoms with E-state index in [-0.39, 0.29) is 11.6 Å². The first-order valence-electron chi connectivity index (χ1n) is 7.42. The van der Waals surface area contributed by atoms with Gasteiger partial charge in [0, 0.05) is 31.9 Å². The summed E-state index contributed by atoms with van der Waals surface area (Å²) in [4.78, 5) is 27.3. The van der Waals surface area contributed by atoms with Crippen molar-refractivity contribution in [1.29, 1.82) is 0 Å². The van der Waals surface area contributed by atoms with Crippen molar-refractivity contribution in [2.75, 3.05) is 38.1 Å². The van der Waals surface area contributed by atoms with E-state index in [2.05, 4.69) is 27.1 Å². The van der Waals surface area contributed by atoms with E-state index < -0.39 is 6.04 Å². The highest BCUT2D eigenvalue weighted by Gasteiger charge is 2.18. The summed E-state index contributed by atoms with van der Waals surface area (Å²) < 4.78 is 0. The number of likely N-dealkylation sites (N-methyl/N-ethyl adjacent to an activating group) is 1. The lowest BCUT2D eigenvalue weighted by Gasteiger charge is -2.34. The molecule has 1 aliphatic heterocycles. The van der Waals surface area contributed by atoms with Crippen LogP contribution in [0, 0.1) is 0 Å². The first kappa shape index (κ1) is 16.3. The Bertz CT molecular complexity index is 546. The molecule has 0 bridgehead atoms. The van der Waals surface area contributed by atoms with Crippen molar-refractivity contribution >= 4 is 22.9 Å². The highest BCUT2D eigenvalue weighted by Crippen LogP contribution is 2.21. The summed E-state index contributed by atoms with van der Waals surface area (Å²) in [5, 5.41) is 7.85. The minimum absolute atomic E-state index is 0.287. The molecule has 0 saturated carbocycles. The third-order valence-electron chi connectivity index (χ3n) is 3.78. The van der Waals surface area contributed by atoms with Crippen LogP contribution in [0.1, 0.15) is 13.8 Å². The van der Waals surface area contributed by atoms with Crippen LogP contribution in [-0.4, -0.2) is 55.7 Å². The van der Waals surface area contributed by atoms with Gasteiger partial charge in [-0.1, -0.05) is 0 Å². The Morgan fingerprint density at radius 1 is 1.00 bits per heavy atom. The third kappa shape index (κ3) is 4.21. The van der Waals surface area contributed by atoms with Gasteiger partial charge in [-0.05, 0) is 45.2 Å². The topological polar surface area (TPSA) is 65.3 Å². The molecule has 118 valence electrons. The van der Waals surface area contributed by atoms with Crippen LogP contribution in [-0.2, 0) is 9.59 Å². The number of Topliss-reactive ketones (excluding diaryl/α,β-unsaturated/α-hetero) is 2. The number of nitrogens with zero attached hydrogens (tertiary/aromatic N) is 4. The van der Waals surface area contributed by atoms with Gasteiger partial charge in [-0.3, -0.25) is 9.59 Å². The molecule has 6 heteroatoms. The molecule has 22 heavy (non-hydrogen) atoms. The van der Waals surface area contributed by atoms with Gasteiger partial charge in [0.2, 0.25) is 0 Å². The van der Waals surface area contributed by atoms with Crippen LogP contribution >= 0.6 is 0 Å². The zero-order valence-electron chi connectivity index (χ0n) is 13.3. The number of piperazine rings is 1. The largest absolute Gasteiger partial charge is 0.369 e. The van der Waals surface area contributed by atoms with Crippen LogP contribution in [0.15, 0.2) is 34.5 Å². The predicted octanol–water partition coefficient (Wildman–Crippen LogP) is 2.07. The maximum atomic E-state index is 11.3. The fourth-order valence-electron chi connectivity index (χ4n) is 2.37. The van der Waals surface area contributed by atoms with Crippen LogP contribution in [0.4, 0.5) is 11.4 Å². The van der Waals surface area contributed by atoms with Crippen molar-refractivity contribution in [2.45, 2.75) is 19.9 Å². The maximum absolute atomic E-state index is 11.3. The first-order chi connectivity index (χ1) is 10.5. The summed E-state index contributed by atoms with van der Waals surface area (Å²) >= 11 is 0. The van der Waals surface area contributed by atoms with Gasteiger partial charge in [0.1, 0.15) is 0 Å². The van der Waals surface area contributed by atoms with Crippen molar-refractivity contribution in [3.8, 4) is 0 Å². The Kier molecular flexibility index (Phi) is 5.38. The molecule has 0 amide bonds. The SMILES string of the molecule is CC(=O)C(N=Nc1ccc(N2CCN(C)CC2)cc1)C(C)=O. The van der Waals surface area contributed by atoms with Crippen LogP contribution < -0.4 is 4.90 Å². The van der Waals surface area contributed by atoms with E-state index in [1.54, 1.807) is 0 Å². The molecule has 6 nitrogen and oxygen atoms in total. The normalized spacial score (nSPS) is 16.5. The van der Waals surface area contributed by atoms with Crippen molar-refractivity contribution in [2.24, 2.45) is 10.2 Å². The van der Waals surface area contributed by atoms with Crippen LogP contribution in [0.25, 0.3) is 0 Å². The van der Waals surface area contributed by atoms with E-state index in [0.29, 0.717) is 5.69 Å². The molecule has 0 unspecified atom stereocenters. The van der Waals surface area contributed by atoms with E-state index in [0.717, 1.165) is 31.9 Å². The van der Waals surface area contributed by atoms with E-state index in [1.807, 2.05) is 24.3 Å².